The maximum absolute atomic E-state index is 13.3. The molecule has 1 amide bonds. The Morgan fingerprint density at radius 3 is 2.91 bits per heavy atom. The first-order chi connectivity index (χ1) is 16.5. The molecule has 0 bridgehead atoms. The number of thiophene rings is 1. The molecular weight excluding hydrogens is 472 g/mol. The lowest BCUT2D eigenvalue weighted by Crippen LogP contribution is -2.50. The number of hydrogen-bond acceptors (Lipinski definition) is 7. The van der Waals surface area contributed by atoms with Crippen LogP contribution in [0.3, 0.4) is 0 Å². The van der Waals surface area contributed by atoms with Crippen LogP contribution in [-0.2, 0) is 22.4 Å². The number of aryl methyl sites for hydroxylation is 1. The summed E-state index contributed by atoms with van der Waals surface area (Å²) in [7, 11) is 0. The standard InChI is InChI=1S/C24H25ClN6O2S/c1-13-9-30(10-14(2)33-13)24(32)15-3-4-17-20(7-15)34-23-21(17)22(26-12-27-23)29-19-8-16-5-6-28-31(16)11-18(19)25/h5-6,8,11-15H,3-4,7,9-10H2,1-2H3,(H,26,27,29)/t13-,14-,15-/m0/s1. The number of carbonyl (C=O) groups excluding carboxylic acids is 1. The van der Waals surface area contributed by atoms with Crippen molar-refractivity contribution < 1.29 is 9.53 Å². The van der Waals surface area contributed by atoms with Crippen LogP contribution < -0.4 is 5.32 Å². The van der Waals surface area contributed by atoms with Gasteiger partial charge >= 0.3 is 0 Å². The van der Waals surface area contributed by atoms with Gasteiger partial charge in [-0.25, -0.2) is 14.5 Å². The van der Waals surface area contributed by atoms with E-state index in [1.165, 1.54) is 10.4 Å². The van der Waals surface area contributed by atoms with E-state index in [0.717, 1.165) is 46.5 Å². The third-order valence-corrected chi connectivity index (χ3v) is 8.13. The van der Waals surface area contributed by atoms with Gasteiger partial charge in [-0.2, -0.15) is 5.10 Å². The number of ether oxygens (including phenoxy) is 1. The van der Waals surface area contributed by atoms with Gasteiger partial charge in [0.1, 0.15) is 17.0 Å². The monoisotopic (exact) mass is 496 g/mol. The van der Waals surface area contributed by atoms with Gasteiger partial charge in [-0.1, -0.05) is 11.6 Å². The quantitative estimate of drug-likeness (QED) is 0.450. The first-order valence-corrected chi connectivity index (χ1v) is 12.7. The Morgan fingerprint density at radius 1 is 1.26 bits per heavy atom. The van der Waals surface area contributed by atoms with E-state index in [2.05, 4.69) is 20.4 Å². The van der Waals surface area contributed by atoms with Gasteiger partial charge in [-0.15, -0.1) is 11.3 Å². The van der Waals surface area contributed by atoms with Gasteiger partial charge in [0.2, 0.25) is 5.91 Å². The number of rotatable bonds is 3. The van der Waals surface area contributed by atoms with E-state index < -0.39 is 0 Å². The van der Waals surface area contributed by atoms with Gasteiger partial charge < -0.3 is 15.0 Å². The van der Waals surface area contributed by atoms with E-state index >= 15 is 0 Å². The molecule has 1 aliphatic heterocycles. The number of halogens is 1. The number of fused-ring (bicyclic) bond motifs is 4. The van der Waals surface area contributed by atoms with Gasteiger partial charge in [0.15, 0.2) is 0 Å². The predicted molar refractivity (Wildman–Crippen MR) is 133 cm³/mol. The number of nitrogens with one attached hydrogen (secondary N) is 1. The highest BCUT2D eigenvalue weighted by molar-refractivity contribution is 7.19. The first-order valence-electron chi connectivity index (χ1n) is 11.6. The van der Waals surface area contributed by atoms with Crippen LogP contribution in [-0.4, -0.2) is 55.7 Å². The van der Waals surface area contributed by atoms with Gasteiger partial charge in [-0.05, 0) is 50.8 Å². The molecule has 0 aromatic carbocycles. The molecule has 3 atom stereocenters. The lowest BCUT2D eigenvalue weighted by atomic mass is 9.86. The van der Waals surface area contributed by atoms with E-state index in [1.807, 2.05) is 30.9 Å². The second kappa shape index (κ2) is 8.48. The van der Waals surface area contributed by atoms with Gasteiger partial charge in [0.05, 0.1) is 33.8 Å². The fourth-order valence-corrected chi connectivity index (χ4v) is 6.66. The summed E-state index contributed by atoms with van der Waals surface area (Å²) in [5.74, 6) is 0.991. The molecule has 1 aliphatic carbocycles. The summed E-state index contributed by atoms with van der Waals surface area (Å²) in [6.07, 6.45) is 7.66. The minimum atomic E-state index is 0.00106. The predicted octanol–water partition coefficient (Wildman–Crippen LogP) is 4.48. The number of anilines is 2. The van der Waals surface area contributed by atoms with E-state index in [4.69, 9.17) is 16.3 Å². The molecule has 4 aromatic heterocycles. The summed E-state index contributed by atoms with van der Waals surface area (Å²) in [5, 5.41) is 9.25. The SMILES string of the molecule is C[C@H]1CN(C(=O)[C@H]2CCc3c(sc4ncnc(Nc5cc6ccnn6cc5Cl)c34)C2)C[C@H](C)O1. The van der Waals surface area contributed by atoms with Crippen molar-refractivity contribution in [3.05, 3.63) is 46.3 Å². The van der Waals surface area contributed by atoms with Gasteiger partial charge in [0.25, 0.3) is 0 Å². The van der Waals surface area contributed by atoms with Crippen LogP contribution in [0.4, 0.5) is 11.5 Å². The summed E-state index contributed by atoms with van der Waals surface area (Å²) >= 11 is 8.18. The molecule has 2 aliphatic rings. The normalized spacial score (nSPS) is 22.8. The molecule has 0 saturated carbocycles. The van der Waals surface area contributed by atoms with Crippen LogP contribution in [0.1, 0.15) is 30.7 Å². The largest absolute Gasteiger partial charge is 0.372 e. The third-order valence-electron chi connectivity index (χ3n) is 6.66. The highest BCUT2D eigenvalue weighted by Crippen LogP contribution is 2.41. The Kier molecular flexibility index (Phi) is 5.43. The molecule has 6 rings (SSSR count). The van der Waals surface area contributed by atoms with Crippen molar-refractivity contribution in [1.82, 2.24) is 24.5 Å². The molecule has 1 saturated heterocycles. The molecular formula is C24H25ClN6O2S. The maximum atomic E-state index is 13.3. The minimum absolute atomic E-state index is 0.00106. The van der Waals surface area contributed by atoms with Gasteiger partial charge in [-0.3, -0.25) is 4.79 Å². The van der Waals surface area contributed by atoms with Crippen molar-refractivity contribution >= 4 is 56.1 Å². The van der Waals surface area contributed by atoms with E-state index in [1.54, 1.807) is 34.6 Å². The Bertz CT molecular complexity index is 1390. The zero-order valence-electron chi connectivity index (χ0n) is 19.0. The van der Waals surface area contributed by atoms with Crippen molar-refractivity contribution in [2.75, 3.05) is 18.4 Å². The van der Waals surface area contributed by atoms with E-state index in [0.29, 0.717) is 18.1 Å². The fourth-order valence-electron chi connectivity index (χ4n) is 5.20. The maximum Gasteiger partial charge on any atom is 0.226 e. The number of nitrogens with zero attached hydrogens (tertiary/aromatic N) is 5. The zero-order valence-corrected chi connectivity index (χ0v) is 20.6. The number of hydrogen-bond donors (Lipinski definition) is 1. The third kappa shape index (κ3) is 3.81. The van der Waals surface area contributed by atoms with Crippen molar-refractivity contribution in [3.8, 4) is 0 Å². The average molecular weight is 497 g/mol. The van der Waals surface area contributed by atoms with Crippen molar-refractivity contribution in [2.45, 2.75) is 45.3 Å². The molecule has 1 fully saturated rings. The topological polar surface area (TPSA) is 84.7 Å². The Hall–Kier alpha value is -2.75. The van der Waals surface area contributed by atoms with Crippen LogP contribution in [0.25, 0.3) is 15.7 Å². The lowest BCUT2D eigenvalue weighted by molar-refractivity contribution is -0.147. The summed E-state index contributed by atoms with van der Waals surface area (Å²) in [6.45, 7) is 5.40. The molecule has 0 radical (unpaired) electrons. The second-order valence-electron chi connectivity index (χ2n) is 9.21. The van der Waals surface area contributed by atoms with Crippen LogP contribution >= 0.6 is 22.9 Å². The number of pyridine rings is 1. The molecule has 8 nitrogen and oxygen atoms in total. The van der Waals surface area contributed by atoms with Crippen LogP contribution in [0.5, 0.6) is 0 Å². The molecule has 176 valence electrons. The Morgan fingerprint density at radius 2 is 2.09 bits per heavy atom. The molecule has 0 spiro atoms. The smallest absolute Gasteiger partial charge is 0.226 e. The summed E-state index contributed by atoms with van der Waals surface area (Å²) in [5.41, 5.74) is 2.96. The van der Waals surface area contributed by atoms with E-state index in [9.17, 15) is 4.79 Å². The van der Waals surface area contributed by atoms with Gasteiger partial charge in [0, 0.05) is 36.3 Å². The lowest BCUT2D eigenvalue weighted by Gasteiger charge is -2.37. The van der Waals surface area contributed by atoms with Crippen molar-refractivity contribution in [2.24, 2.45) is 5.92 Å². The number of amides is 1. The molecule has 10 heteroatoms. The Labute approximate surface area is 205 Å². The average Bonchev–Trinajstić information content (AvgIpc) is 3.41. The number of carbonyl (C=O) groups is 1. The highest BCUT2D eigenvalue weighted by atomic mass is 35.5. The minimum Gasteiger partial charge on any atom is -0.372 e. The van der Waals surface area contributed by atoms with E-state index in [-0.39, 0.29) is 24.0 Å². The molecule has 5 heterocycles. The van der Waals surface area contributed by atoms with Crippen LogP contribution in [0.2, 0.25) is 5.02 Å². The highest BCUT2D eigenvalue weighted by Gasteiger charge is 2.34. The molecule has 4 aromatic rings. The number of morpholine rings is 1. The number of aromatic nitrogens is 4. The summed E-state index contributed by atoms with van der Waals surface area (Å²) in [6, 6.07) is 3.89. The van der Waals surface area contributed by atoms with Crippen LogP contribution in [0, 0.1) is 5.92 Å². The summed E-state index contributed by atoms with van der Waals surface area (Å²) < 4.78 is 7.55. The van der Waals surface area contributed by atoms with Crippen molar-refractivity contribution in [3.63, 3.8) is 0 Å². The van der Waals surface area contributed by atoms with Crippen molar-refractivity contribution in [1.29, 1.82) is 0 Å². The van der Waals surface area contributed by atoms with Crippen LogP contribution in [0.15, 0.2) is 30.9 Å². The summed E-state index contributed by atoms with van der Waals surface area (Å²) in [4.78, 5) is 26.6. The molecule has 34 heavy (non-hydrogen) atoms. The molecule has 1 N–H and O–H groups in total. The molecule has 0 unspecified atom stereocenters. The zero-order chi connectivity index (χ0) is 23.4. The Balaban J connectivity index is 1.29. The second-order valence-corrected chi connectivity index (χ2v) is 10.7. The first kappa shape index (κ1) is 21.8. The fraction of sp³-hybridized carbons (Fsp3) is 0.417.